The molecule has 3 N–H and O–H groups in total. The SMILES string of the molecule is C=CC1CC1(NC(=O)C1CC(Oc2cc(-c3ccccc3)nc3cc(OC)ccc23)CN1C(=O)C(NC(=O)COC(C)=O)C(C)(C)C)C(=O)NS(=O)(=O)C1CC1. The second-order valence-corrected chi connectivity index (χ2v) is 17.5. The third-order valence-corrected chi connectivity index (χ3v) is 12.1. The third-order valence-electron chi connectivity index (χ3n) is 10.3. The van der Waals surface area contributed by atoms with Crippen LogP contribution in [-0.4, -0.2) is 97.1 Å². The maximum atomic E-state index is 14.6. The van der Waals surface area contributed by atoms with Crippen LogP contribution < -0.4 is 24.8 Å². The van der Waals surface area contributed by atoms with Crippen molar-refractivity contribution < 1.29 is 46.6 Å². The summed E-state index contributed by atoms with van der Waals surface area (Å²) >= 11 is 0. The van der Waals surface area contributed by atoms with Gasteiger partial charge in [-0.1, -0.05) is 57.2 Å². The Morgan fingerprint density at radius 3 is 2.39 bits per heavy atom. The molecule has 4 amide bonds. The van der Waals surface area contributed by atoms with Crippen LogP contribution in [0.5, 0.6) is 11.5 Å². The minimum absolute atomic E-state index is 0.0205. The van der Waals surface area contributed by atoms with Crippen molar-refractivity contribution in [2.24, 2.45) is 11.3 Å². The van der Waals surface area contributed by atoms with E-state index in [9.17, 15) is 32.4 Å². The van der Waals surface area contributed by atoms with Crippen LogP contribution in [0.15, 0.2) is 67.3 Å². The van der Waals surface area contributed by atoms with Crippen molar-refractivity contribution in [3.05, 3.63) is 67.3 Å². The molecule has 1 saturated heterocycles. The molecule has 16 heteroatoms. The number of nitrogens with one attached hydrogen (secondary N) is 3. The molecule has 3 aliphatic rings. The number of hydrogen-bond donors (Lipinski definition) is 3. The van der Waals surface area contributed by atoms with Crippen molar-refractivity contribution in [1.29, 1.82) is 0 Å². The van der Waals surface area contributed by atoms with E-state index in [2.05, 4.69) is 21.9 Å². The zero-order chi connectivity index (χ0) is 40.6. The molecule has 0 spiro atoms. The van der Waals surface area contributed by atoms with E-state index in [4.69, 9.17) is 19.2 Å². The molecule has 298 valence electrons. The first-order valence-corrected chi connectivity index (χ1v) is 19.9. The van der Waals surface area contributed by atoms with Gasteiger partial charge in [-0.2, -0.15) is 0 Å². The first-order valence-electron chi connectivity index (χ1n) is 18.4. The molecule has 0 bridgehead atoms. The number of esters is 1. The number of benzene rings is 2. The smallest absolute Gasteiger partial charge is 0.303 e. The minimum Gasteiger partial charge on any atom is -0.497 e. The zero-order valence-electron chi connectivity index (χ0n) is 32.0. The van der Waals surface area contributed by atoms with Crippen LogP contribution in [-0.2, 0) is 38.7 Å². The Hall–Kier alpha value is -5.51. The van der Waals surface area contributed by atoms with Gasteiger partial charge in [0.05, 0.1) is 30.1 Å². The van der Waals surface area contributed by atoms with E-state index in [0.717, 1.165) is 12.5 Å². The number of carbonyl (C=O) groups excluding carboxylic acids is 5. The Morgan fingerprint density at radius 2 is 1.79 bits per heavy atom. The predicted molar refractivity (Wildman–Crippen MR) is 206 cm³/mol. The Morgan fingerprint density at radius 1 is 1.07 bits per heavy atom. The lowest BCUT2D eigenvalue weighted by atomic mass is 9.85. The quantitative estimate of drug-likeness (QED) is 0.160. The van der Waals surface area contributed by atoms with Crippen LogP contribution in [0.1, 0.15) is 53.4 Å². The molecule has 2 aliphatic carbocycles. The van der Waals surface area contributed by atoms with E-state index in [1.807, 2.05) is 36.4 Å². The molecule has 2 heterocycles. The summed E-state index contributed by atoms with van der Waals surface area (Å²) in [4.78, 5) is 73.0. The first kappa shape index (κ1) is 40.2. The van der Waals surface area contributed by atoms with Gasteiger partial charge in [0.2, 0.25) is 21.8 Å². The molecule has 3 aromatic rings. The number of likely N-dealkylation sites (tertiary alicyclic amines) is 1. The lowest BCUT2D eigenvalue weighted by Crippen LogP contribution is -2.60. The molecule has 15 nitrogen and oxygen atoms in total. The van der Waals surface area contributed by atoms with E-state index >= 15 is 0 Å². The highest BCUT2D eigenvalue weighted by molar-refractivity contribution is 7.91. The normalized spacial score (nSPS) is 22.4. The van der Waals surface area contributed by atoms with Crippen LogP contribution in [0.3, 0.4) is 0 Å². The van der Waals surface area contributed by atoms with Crippen LogP contribution in [0.25, 0.3) is 22.2 Å². The van der Waals surface area contributed by atoms with Gasteiger partial charge in [0, 0.05) is 42.3 Å². The Balaban J connectivity index is 1.34. The highest BCUT2D eigenvalue weighted by Gasteiger charge is 2.62. The summed E-state index contributed by atoms with van der Waals surface area (Å²) in [5.41, 5.74) is -0.447. The topological polar surface area (TPSA) is 199 Å². The second-order valence-electron chi connectivity index (χ2n) is 15.6. The Labute approximate surface area is 325 Å². The summed E-state index contributed by atoms with van der Waals surface area (Å²) in [6.45, 7) is 9.43. The predicted octanol–water partition coefficient (Wildman–Crippen LogP) is 3.02. The van der Waals surface area contributed by atoms with Crippen LogP contribution in [0.2, 0.25) is 0 Å². The number of nitrogens with zero attached hydrogens (tertiary/aromatic N) is 2. The molecule has 2 saturated carbocycles. The van der Waals surface area contributed by atoms with E-state index in [-0.39, 0.29) is 19.4 Å². The summed E-state index contributed by atoms with van der Waals surface area (Å²) in [5.74, 6) is -3.11. The lowest BCUT2D eigenvalue weighted by Gasteiger charge is -2.35. The molecule has 3 fully saturated rings. The highest BCUT2D eigenvalue weighted by atomic mass is 32.2. The van der Waals surface area contributed by atoms with Gasteiger partial charge in [0.15, 0.2) is 6.61 Å². The number of amides is 4. The van der Waals surface area contributed by atoms with E-state index in [0.29, 0.717) is 40.9 Å². The van der Waals surface area contributed by atoms with Gasteiger partial charge < -0.3 is 29.7 Å². The number of fused-ring (bicyclic) bond motifs is 1. The number of ether oxygens (including phenoxy) is 3. The maximum Gasteiger partial charge on any atom is 0.303 e. The zero-order valence-corrected chi connectivity index (χ0v) is 32.8. The number of methoxy groups -OCH3 is 1. The Kier molecular flexibility index (Phi) is 11.2. The van der Waals surface area contributed by atoms with Crippen LogP contribution >= 0.6 is 0 Å². The number of sulfonamides is 1. The van der Waals surface area contributed by atoms with Crippen molar-refractivity contribution in [1.82, 2.24) is 25.2 Å². The van der Waals surface area contributed by atoms with E-state index in [1.54, 1.807) is 46.1 Å². The molecule has 1 aliphatic heterocycles. The molecule has 5 atom stereocenters. The number of aromatic nitrogens is 1. The van der Waals surface area contributed by atoms with Gasteiger partial charge in [-0.3, -0.25) is 28.7 Å². The molecule has 5 unspecified atom stereocenters. The number of rotatable bonds is 14. The summed E-state index contributed by atoms with van der Waals surface area (Å²) in [7, 11) is -2.38. The standard InChI is InChI=1S/C40H47N5O10S/c1-7-25-20-40(25,38(50)44-56(51,52)28-14-15-28)43-36(48)32-18-27(21-45(32)37(49)35(39(3,4)5)42-34(47)22-54-23(2)46)55-33-19-30(24-11-9-8-10-12-24)41-31-17-26(53-6)13-16-29(31)33/h7-13,16-17,19,25,27-28,32,35H,1,14-15,18,20-22H2,2-6H3,(H,42,47)(H,43,48)(H,44,50). The Bertz CT molecular complexity index is 2170. The van der Waals surface area contributed by atoms with Gasteiger partial charge in [-0.15, -0.1) is 6.58 Å². The average Bonchev–Trinajstić information content (AvgIpc) is 4.09. The lowest BCUT2D eigenvalue weighted by molar-refractivity contribution is -0.149. The second kappa shape index (κ2) is 15.6. The highest BCUT2D eigenvalue weighted by Crippen LogP contribution is 2.46. The van der Waals surface area contributed by atoms with Gasteiger partial charge >= 0.3 is 5.97 Å². The molecule has 6 rings (SSSR count). The monoisotopic (exact) mass is 789 g/mol. The largest absolute Gasteiger partial charge is 0.497 e. The van der Waals surface area contributed by atoms with Crippen molar-refractivity contribution in [3.8, 4) is 22.8 Å². The average molecular weight is 790 g/mol. The third kappa shape index (κ3) is 8.64. The summed E-state index contributed by atoms with van der Waals surface area (Å²) in [5, 5.41) is 5.43. The number of pyridine rings is 1. The van der Waals surface area contributed by atoms with Crippen LogP contribution in [0, 0.1) is 11.3 Å². The van der Waals surface area contributed by atoms with E-state index in [1.165, 1.54) is 11.0 Å². The van der Waals surface area contributed by atoms with Gasteiger partial charge in [-0.05, 0) is 36.8 Å². The van der Waals surface area contributed by atoms with Gasteiger partial charge in [0.1, 0.15) is 35.2 Å². The molecular formula is C40H47N5O10S. The molecule has 56 heavy (non-hydrogen) atoms. The van der Waals surface area contributed by atoms with E-state index < -0.39 is 86.5 Å². The fourth-order valence-corrected chi connectivity index (χ4v) is 8.28. The molecule has 1 aromatic heterocycles. The molecule has 0 radical (unpaired) electrons. The number of carbonyl (C=O) groups is 5. The summed E-state index contributed by atoms with van der Waals surface area (Å²) in [6.07, 6.45) is 1.68. The van der Waals surface area contributed by atoms with Crippen molar-refractivity contribution in [2.45, 2.75) is 82.4 Å². The van der Waals surface area contributed by atoms with Crippen molar-refractivity contribution in [3.63, 3.8) is 0 Å². The van der Waals surface area contributed by atoms with Crippen molar-refractivity contribution >= 4 is 50.5 Å². The fraction of sp³-hybridized carbons (Fsp3) is 0.450. The fourth-order valence-electron chi connectivity index (χ4n) is 6.92. The van der Waals surface area contributed by atoms with Crippen LogP contribution in [0.4, 0.5) is 0 Å². The van der Waals surface area contributed by atoms with Gasteiger partial charge in [-0.25, -0.2) is 13.4 Å². The molecular weight excluding hydrogens is 743 g/mol. The summed E-state index contributed by atoms with van der Waals surface area (Å²) < 4.78 is 44.6. The van der Waals surface area contributed by atoms with Crippen molar-refractivity contribution in [2.75, 3.05) is 20.3 Å². The minimum atomic E-state index is -3.93. The molecule has 2 aromatic carbocycles. The number of hydrogen-bond acceptors (Lipinski definition) is 11. The first-order chi connectivity index (χ1) is 26.4. The maximum absolute atomic E-state index is 14.6. The van der Waals surface area contributed by atoms with Gasteiger partial charge in [0.25, 0.3) is 11.8 Å². The summed E-state index contributed by atoms with van der Waals surface area (Å²) in [6, 6.07) is 14.2.